The summed E-state index contributed by atoms with van der Waals surface area (Å²) in [6.07, 6.45) is 0.148. The molecule has 3 aromatic carbocycles. The maximum Gasteiger partial charge on any atom is 0.229 e. The van der Waals surface area contributed by atoms with Crippen molar-refractivity contribution < 1.29 is 28.5 Å². The van der Waals surface area contributed by atoms with Crippen LogP contribution in [0.3, 0.4) is 0 Å². The van der Waals surface area contributed by atoms with Crippen molar-refractivity contribution in [3.63, 3.8) is 0 Å². The molecule has 0 saturated carbocycles. The highest BCUT2D eigenvalue weighted by Gasteiger charge is 2.35. The van der Waals surface area contributed by atoms with Gasteiger partial charge in [-0.1, -0.05) is 12.1 Å². The molecule has 5 rings (SSSR count). The van der Waals surface area contributed by atoms with Crippen LogP contribution < -0.4 is 29.2 Å². The molecule has 3 aromatic rings. The van der Waals surface area contributed by atoms with E-state index < -0.39 is 5.92 Å². The van der Waals surface area contributed by atoms with Gasteiger partial charge in [-0.15, -0.1) is 0 Å². The molecule has 2 aliphatic heterocycles. The molecule has 1 atom stereocenters. The first-order chi connectivity index (χ1) is 16.6. The highest BCUT2D eigenvalue weighted by Crippen LogP contribution is 2.36. The summed E-state index contributed by atoms with van der Waals surface area (Å²) in [5.41, 5.74) is 1.32. The minimum Gasteiger partial charge on any atom is -0.493 e. The molecule has 0 spiro atoms. The molecule has 0 unspecified atom stereocenters. The number of ether oxygens (including phenoxy) is 4. The number of carbonyl (C=O) groups is 2. The van der Waals surface area contributed by atoms with Crippen molar-refractivity contribution in [3.8, 4) is 28.7 Å². The van der Waals surface area contributed by atoms with Gasteiger partial charge in [0.05, 0.1) is 13.0 Å². The van der Waals surface area contributed by atoms with Crippen molar-refractivity contribution in [3.05, 3.63) is 66.7 Å². The molecule has 0 radical (unpaired) electrons. The van der Waals surface area contributed by atoms with Crippen LogP contribution in [0.25, 0.3) is 0 Å². The van der Waals surface area contributed by atoms with Gasteiger partial charge < -0.3 is 29.2 Å². The Morgan fingerprint density at radius 1 is 0.971 bits per heavy atom. The molecule has 2 amide bonds. The lowest BCUT2D eigenvalue weighted by molar-refractivity contribution is -0.122. The highest BCUT2D eigenvalue weighted by molar-refractivity contribution is 6.03. The third kappa shape index (κ3) is 4.47. The summed E-state index contributed by atoms with van der Waals surface area (Å²) in [5, 5.41) is 2.90. The van der Waals surface area contributed by atoms with Gasteiger partial charge in [-0.25, -0.2) is 0 Å². The van der Waals surface area contributed by atoms with Crippen molar-refractivity contribution in [1.82, 2.24) is 0 Å². The molecule has 1 fully saturated rings. The van der Waals surface area contributed by atoms with Gasteiger partial charge in [-0.2, -0.15) is 0 Å². The van der Waals surface area contributed by atoms with Gasteiger partial charge in [-0.05, 0) is 48.5 Å². The number of nitrogens with zero attached hydrogens (tertiary/aromatic N) is 1. The normalized spacial score (nSPS) is 16.8. The second kappa shape index (κ2) is 9.35. The number of carbonyl (C=O) groups excluding carboxylic acids is 2. The number of rotatable bonds is 6. The highest BCUT2D eigenvalue weighted by atomic mass is 16.6. The first-order valence-corrected chi connectivity index (χ1v) is 11.0. The third-order valence-electron chi connectivity index (χ3n) is 5.75. The molecule has 34 heavy (non-hydrogen) atoms. The zero-order valence-corrected chi connectivity index (χ0v) is 18.7. The first kappa shape index (κ1) is 21.6. The fraction of sp³-hybridized carbons (Fsp3) is 0.231. The van der Waals surface area contributed by atoms with Crippen LogP contribution in [0.5, 0.6) is 28.7 Å². The van der Waals surface area contributed by atoms with Crippen LogP contribution in [0.15, 0.2) is 66.7 Å². The van der Waals surface area contributed by atoms with E-state index >= 15 is 0 Å². The number of benzene rings is 3. The van der Waals surface area contributed by atoms with Gasteiger partial charge in [0.2, 0.25) is 11.8 Å². The SMILES string of the molecule is COc1ccccc1Oc1ccc(NC(=O)[C@H]2CC(=O)N(c3ccc4c(c3)OCCO4)C2)cc1. The number of hydrogen-bond donors (Lipinski definition) is 1. The summed E-state index contributed by atoms with van der Waals surface area (Å²) in [6, 6.07) is 19.8. The number of methoxy groups -OCH3 is 1. The average molecular weight is 460 g/mol. The van der Waals surface area contributed by atoms with Crippen LogP contribution in [-0.2, 0) is 9.59 Å². The van der Waals surface area contributed by atoms with Crippen LogP contribution in [0.4, 0.5) is 11.4 Å². The third-order valence-corrected chi connectivity index (χ3v) is 5.75. The maximum absolute atomic E-state index is 12.8. The molecule has 0 bridgehead atoms. The molecule has 8 nitrogen and oxygen atoms in total. The van der Waals surface area contributed by atoms with Gasteiger partial charge in [-0.3, -0.25) is 9.59 Å². The molecule has 1 saturated heterocycles. The Balaban J connectivity index is 1.21. The quantitative estimate of drug-likeness (QED) is 0.592. The van der Waals surface area contributed by atoms with E-state index in [1.54, 1.807) is 48.4 Å². The average Bonchev–Trinajstić information content (AvgIpc) is 3.27. The van der Waals surface area contributed by atoms with E-state index in [2.05, 4.69) is 5.32 Å². The summed E-state index contributed by atoms with van der Waals surface area (Å²) in [7, 11) is 1.59. The van der Waals surface area contributed by atoms with Crippen LogP contribution in [0, 0.1) is 5.92 Å². The van der Waals surface area contributed by atoms with Crippen molar-refractivity contribution in [2.45, 2.75) is 6.42 Å². The Hall–Kier alpha value is -4.20. The molecule has 1 N–H and O–H groups in total. The van der Waals surface area contributed by atoms with Crippen molar-refractivity contribution in [2.75, 3.05) is 37.1 Å². The zero-order valence-electron chi connectivity index (χ0n) is 18.7. The predicted octanol–water partition coefficient (Wildman–Crippen LogP) is 4.25. The summed E-state index contributed by atoms with van der Waals surface area (Å²) in [6.45, 7) is 1.28. The molecule has 174 valence electrons. The Morgan fingerprint density at radius 2 is 1.71 bits per heavy atom. The monoisotopic (exact) mass is 460 g/mol. The van der Waals surface area contributed by atoms with Gasteiger partial charge in [0.25, 0.3) is 0 Å². The predicted molar refractivity (Wildman–Crippen MR) is 126 cm³/mol. The molecule has 0 aromatic heterocycles. The molecule has 2 heterocycles. The van der Waals surface area contributed by atoms with Gasteiger partial charge in [0.15, 0.2) is 23.0 Å². The van der Waals surface area contributed by atoms with E-state index in [4.69, 9.17) is 18.9 Å². The lowest BCUT2D eigenvalue weighted by Gasteiger charge is -2.22. The Morgan fingerprint density at radius 3 is 2.47 bits per heavy atom. The van der Waals surface area contributed by atoms with Crippen LogP contribution in [-0.4, -0.2) is 38.7 Å². The summed E-state index contributed by atoms with van der Waals surface area (Å²) in [5.74, 6) is 2.37. The van der Waals surface area contributed by atoms with Crippen molar-refractivity contribution in [1.29, 1.82) is 0 Å². The van der Waals surface area contributed by atoms with Gasteiger partial charge >= 0.3 is 0 Å². The molecule has 0 aliphatic carbocycles. The smallest absolute Gasteiger partial charge is 0.229 e. The molecular weight excluding hydrogens is 436 g/mol. The number of fused-ring (bicyclic) bond motifs is 1. The number of anilines is 2. The standard InChI is InChI=1S/C26H24N2O6/c1-31-21-4-2-3-5-23(21)34-20-9-6-18(7-10-20)27-26(30)17-14-25(29)28(16-17)19-8-11-22-24(15-19)33-13-12-32-22/h2-11,15,17H,12-14,16H2,1H3,(H,27,30)/t17-/m0/s1. The minimum atomic E-state index is -0.454. The zero-order chi connectivity index (χ0) is 23.5. The van der Waals surface area contributed by atoms with E-state index in [9.17, 15) is 9.59 Å². The fourth-order valence-corrected chi connectivity index (χ4v) is 4.01. The summed E-state index contributed by atoms with van der Waals surface area (Å²) >= 11 is 0. The summed E-state index contributed by atoms with van der Waals surface area (Å²) < 4.78 is 22.3. The number of para-hydroxylation sites is 2. The van der Waals surface area contributed by atoms with Crippen molar-refractivity contribution in [2.24, 2.45) is 5.92 Å². The van der Waals surface area contributed by atoms with Crippen LogP contribution in [0.1, 0.15) is 6.42 Å². The first-order valence-electron chi connectivity index (χ1n) is 11.0. The molecule has 8 heteroatoms. The maximum atomic E-state index is 12.8. The second-order valence-corrected chi connectivity index (χ2v) is 8.00. The van der Waals surface area contributed by atoms with Crippen LogP contribution in [0.2, 0.25) is 0 Å². The molecular formula is C26H24N2O6. The van der Waals surface area contributed by atoms with E-state index in [-0.39, 0.29) is 18.2 Å². The number of amides is 2. The van der Waals surface area contributed by atoms with Crippen molar-refractivity contribution >= 4 is 23.2 Å². The Kier molecular flexibility index (Phi) is 5.95. The number of nitrogens with one attached hydrogen (secondary N) is 1. The minimum absolute atomic E-state index is 0.0996. The van der Waals surface area contributed by atoms with Crippen LogP contribution >= 0.6 is 0 Å². The van der Waals surface area contributed by atoms with E-state index in [0.717, 1.165) is 0 Å². The lowest BCUT2D eigenvalue weighted by Crippen LogP contribution is -2.28. The van der Waals surface area contributed by atoms with E-state index in [1.807, 2.05) is 30.3 Å². The van der Waals surface area contributed by atoms with Gasteiger partial charge in [0.1, 0.15) is 19.0 Å². The van der Waals surface area contributed by atoms with E-state index in [0.29, 0.717) is 59.9 Å². The Bertz CT molecular complexity index is 1210. The van der Waals surface area contributed by atoms with Gasteiger partial charge in [0, 0.05) is 30.4 Å². The van der Waals surface area contributed by atoms with E-state index in [1.165, 1.54) is 0 Å². The fourth-order valence-electron chi connectivity index (χ4n) is 4.01. The lowest BCUT2D eigenvalue weighted by atomic mass is 10.1. The second-order valence-electron chi connectivity index (χ2n) is 8.00. The largest absolute Gasteiger partial charge is 0.493 e. The Labute approximate surface area is 197 Å². The topological polar surface area (TPSA) is 86.3 Å². The number of hydrogen-bond acceptors (Lipinski definition) is 6. The summed E-state index contributed by atoms with van der Waals surface area (Å²) in [4.78, 5) is 27.1. The molecule has 2 aliphatic rings.